The Labute approximate surface area is 151 Å². The van der Waals surface area contributed by atoms with E-state index in [2.05, 4.69) is 9.71 Å². The van der Waals surface area contributed by atoms with Gasteiger partial charge in [0.1, 0.15) is 17.3 Å². The molecule has 1 heterocycles. The second-order valence-corrected chi connectivity index (χ2v) is 7.32. The molecule has 1 aromatic heterocycles. The highest BCUT2D eigenvalue weighted by Crippen LogP contribution is 2.25. The summed E-state index contributed by atoms with van der Waals surface area (Å²) in [6.45, 7) is 1.65. The molecule has 0 amide bonds. The molecular formula is C18H15ClN2O3S. The number of ether oxygens (including phenoxy) is 1. The topological polar surface area (TPSA) is 68.3 Å². The Morgan fingerprint density at radius 2 is 1.72 bits per heavy atom. The predicted molar refractivity (Wildman–Crippen MR) is 97.8 cm³/mol. The number of hydrogen-bond acceptors (Lipinski definition) is 4. The molecule has 0 atom stereocenters. The van der Waals surface area contributed by atoms with E-state index in [0.717, 1.165) is 0 Å². The first-order valence-corrected chi connectivity index (χ1v) is 9.29. The van der Waals surface area contributed by atoms with Gasteiger partial charge in [-0.15, -0.1) is 0 Å². The maximum atomic E-state index is 12.5. The Morgan fingerprint density at radius 1 is 0.960 bits per heavy atom. The van der Waals surface area contributed by atoms with Crippen LogP contribution in [-0.2, 0) is 10.0 Å². The highest BCUT2D eigenvalue weighted by molar-refractivity contribution is 7.92. The number of hydrogen-bond donors (Lipinski definition) is 1. The van der Waals surface area contributed by atoms with Crippen molar-refractivity contribution in [2.24, 2.45) is 0 Å². The van der Waals surface area contributed by atoms with Crippen LogP contribution in [0, 0.1) is 6.92 Å². The van der Waals surface area contributed by atoms with Crippen molar-refractivity contribution in [1.82, 2.24) is 4.98 Å². The average molecular weight is 375 g/mol. The molecule has 0 aliphatic carbocycles. The molecule has 1 N–H and O–H groups in total. The van der Waals surface area contributed by atoms with Gasteiger partial charge in [-0.2, -0.15) is 0 Å². The number of sulfonamides is 1. The summed E-state index contributed by atoms with van der Waals surface area (Å²) >= 11 is 6.00. The van der Waals surface area contributed by atoms with Crippen LogP contribution in [-0.4, -0.2) is 13.4 Å². The van der Waals surface area contributed by atoms with Gasteiger partial charge in [0, 0.05) is 5.02 Å². The standard InChI is InChI=1S/C18H15ClN2O3S/c1-13-16(19)8-5-9-17(13)25(22,23)21-18-11-10-15(12-20-18)24-14-6-3-2-4-7-14/h2-12H,1H3,(H,20,21). The third-order valence-corrected chi connectivity index (χ3v) is 5.37. The zero-order valence-electron chi connectivity index (χ0n) is 13.3. The summed E-state index contributed by atoms with van der Waals surface area (Å²) in [6, 6.07) is 17.2. The molecule has 0 bridgehead atoms. The average Bonchev–Trinajstić information content (AvgIpc) is 2.59. The number of benzene rings is 2. The van der Waals surface area contributed by atoms with Crippen molar-refractivity contribution in [3.63, 3.8) is 0 Å². The van der Waals surface area contributed by atoms with Crippen LogP contribution >= 0.6 is 11.6 Å². The highest BCUT2D eigenvalue weighted by Gasteiger charge is 2.18. The van der Waals surface area contributed by atoms with Gasteiger partial charge in [0.15, 0.2) is 0 Å². The Kier molecular flexibility index (Phi) is 4.92. The predicted octanol–water partition coefficient (Wildman–Crippen LogP) is 4.64. The Morgan fingerprint density at radius 3 is 2.40 bits per heavy atom. The van der Waals surface area contributed by atoms with Gasteiger partial charge < -0.3 is 4.74 Å². The quantitative estimate of drug-likeness (QED) is 0.706. The molecule has 0 saturated carbocycles. The van der Waals surface area contributed by atoms with E-state index in [1.54, 1.807) is 25.1 Å². The zero-order chi connectivity index (χ0) is 17.9. The van der Waals surface area contributed by atoms with Crippen LogP contribution in [0.3, 0.4) is 0 Å². The second kappa shape index (κ2) is 7.13. The molecule has 5 nitrogen and oxygen atoms in total. The first-order chi connectivity index (χ1) is 12.0. The van der Waals surface area contributed by atoms with Crippen molar-refractivity contribution < 1.29 is 13.2 Å². The minimum atomic E-state index is -3.78. The van der Waals surface area contributed by atoms with Gasteiger partial charge >= 0.3 is 0 Å². The molecule has 0 spiro atoms. The SMILES string of the molecule is Cc1c(Cl)cccc1S(=O)(=O)Nc1ccc(Oc2ccccc2)cn1. The van der Waals surface area contributed by atoms with Crippen molar-refractivity contribution in [2.75, 3.05) is 4.72 Å². The molecule has 0 aliphatic heterocycles. The fraction of sp³-hybridized carbons (Fsp3) is 0.0556. The second-order valence-electron chi connectivity index (χ2n) is 5.26. The number of para-hydroxylation sites is 1. The van der Waals surface area contributed by atoms with Gasteiger partial charge in [0.05, 0.1) is 11.1 Å². The summed E-state index contributed by atoms with van der Waals surface area (Å²) in [5.41, 5.74) is 0.487. The number of anilines is 1. The van der Waals surface area contributed by atoms with E-state index >= 15 is 0 Å². The fourth-order valence-corrected chi connectivity index (χ4v) is 3.70. The van der Waals surface area contributed by atoms with E-state index in [1.807, 2.05) is 30.3 Å². The highest BCUT2D eigenvalue weighted by atomic mass is 35.5. The molecule has 25 heavy (non-hydrogen) atoms. The van der Waals surface area contributed by atoms with Crippen LogP contribution < -0.4 is 9.46 Å². The molecular weight excluding hydrogens is 360 g/mol. The van der Waals surface area contributed by atoms with Crippen LogP contribution in [0.5, 0.6) is 11.5 Å². The first kappa shape index (κ1) is 17.3. The van der Waals surface area contributed by atoms with Gasteiger partial charge in [-0.3, -0.25) is 4.72 Å². The Hall–Kier alpha value is -2.57. The maximum absolute atomic E-state index is 12.5. The monoisotopic (exact) mass is 374 g/mol. The number of nitrogens with zero attached hydrogens (tertiary/aromatic N) is 1. The normalized spacial score (nSPS) is 11.1. The third kappa shape index (κ3) is 4.10. The van der Waals surface area contributed by atoms with E-state index in [0.29, 0.717) is 22.1 Å². The molecule has 2 aromatic carbocycles. The van der Waals surface area contributed by atoms with Crippen LogP contribution in [0.1, 0.15) is 5.56 Å². The van der Waals surface area contributed by atoms with E-state index in [-0.39, 0.29) is 10.7 Å². The van der Waals surface area contributed by atoms with Crippen molar-refractivity contribution in [1.29, 1.82) is 0 Å². The van der Waals surface area contributed by atoms with Crippen LogP contribution in [0.2, 0.25) is 5.02 Å². The molecule has 3 rings (SSSR count). The van der Waals surface area contributed by atoms with Crippen LogP contribution in [0.15, 0.2) is 71.8 Å². The van der Waals surface area contributed by atoms with Crippen molar-refractivity contribution in [3.05, 3.63) is 77.4 Å². The molecule has 0 fully saturated rings. The lowest BCUT2D eigenvalue weighted by Crippen LogP contribution is -2.15. The van der Waals surface area contributed by atoms with Crippen molar-refractivity contribution in [2.45, 2.75) is 11.8 Å². The zero-order valence-corrected chi connectivity index (χ0v) is 14.9. The van der Waals surface area contributed by atoms with E-state index in [1.165, 1.54) is 18.3 Å². The third-order valence-electron chi connectivity index (χ3n) is 3.46. The van der Waals surface area contributed by atoms with Gasteiger partial charge in [-0.1, -0.05) is 35.9 Å². The molecule has 0 radical (unpaired) electrons. The molecule has 0 unspecified atom stereocenters. The summed E-state index contributed by atoms with van der Waals surface area (Å²) in [5.74, 6) is 1.38. The number of halogens is 1. The lowest BCUT2D eigenvalue weighted by atomic mass is 10.2. The largest absolute Gasteiger partial charge is 0.456 e. The van der Waals surface area contributed by atoms with Crippen molar-refractivity contribution in [3.8, 4) is 11.5 Å². The summed E-state index contributed by atoms with van der Waals surface area (Å²) in [6.07, 6.45) is 1.45. The number of rotatable bonds is 5. The first-order valence-electron chi connectivity index (χ1n) is 7.42. The van der Waals surface area contributed by atoms with Gasteiger partial charge in [-0.25, -0.2) is 13.4 Å². The fourth-order valence-electron chi connectivity index (χ4n) is 2.20. The van der Waals surface area contributed by atoms with Crippen molar-refractivity contribution >= 4 is 27.4 Å². The molecule has 128 valence electrons. The number of pyridine rings is 1. The number of aromatic nitrogens is 1. The molecule has 7 heteroatoms. The molecule has 0 saturated heterocycles. The summed E-state index contributed by atoms with van der Waals surface area (Å²) < 4.78 is 33.1. The molecule has 3 aromatic rings. The minimum absolute atomic E-state index is 0.117. The smallest absolute Gasteiger partial charge is 0.263 e. The van der Waals surface area contributed by atoms with Crippen LogP contribution in [0.4, 0.5) is 5.82 Å². The summed E-state index contributed by atoms with van der Waals surface area (Å²) in [4.78, 5) is 4.21. The number of nitrogens with one attached hydrogen (secondary N) is 1. The van der Waals surface area contributed by atoms with E-state index in [9.17, 15) is 8.42 Å². The Bertz CT molecular complexity index is 975. The Balaban J connectivity index is 1.78. The van der Waals surface area contributed by atoms with E-state index in [4.69, 9.17) is 16.3 Å². The summed E-state index contributed by atoms with van der Waals surface area (Å²) in [7, 11) is -3.78. The van der Waals surface area contributed by atoms with Crippen LogP contribution in [0.25, 0.3) is 0 Å². The summed E-state index contributed by atoms with van der Waals surface area (Å²) in [5, 5.41) is 0.391. The van der Waals surface area contributed by atoms with Gasteiger partial charge in [0.2, 0.25) is 0 Å². The minimum Gasteiger partial charge on any atom is -0.456 e. The van der Waals surface area contributed by atoms with Gasteiger partial charge in [-0.05, 0) is 48.9 Å². The molecule has 0 aliphatic rings. The van der Waals surface area contributed by atoms with E-state index < -0.39 is 10.0 Å². The lowest BCUT2D eigenvalue weighted by Gasteiger charge is -2.11. The lowest BCUT2D eigenvalue weighted by molar-refractivity contribution is 0.480. The maximum Gasteiger partial charge on any atom is 0.263 e. The van der Waals surface area contributed by atoms with Gasteiger partial charge in [0.25, 0.3) is 10.0 Å².